The molecule has 0 N–H and O–H groups in total. The van der Waals surface area contributed by atoms with Crippen LogP contribution in [-0.2, 0) is 0 Å². The molecule has 0 bridgehead atoms. The van der Waals surface area contributed by atoms with Gasteiger partial charge in [-0.3, -0.25) is 0 Å². The van der Waals surface area contributed by atoms with Crippen molar-refractivity contribution in [3.63, 3.8) is 0 Å². The topological polar surface area (TPSA) is 3.24 Å². The lowest BCUT2D eigenvalue weighted by Crippen LogP contribution is -2.23. The number of alkyl halides is 1. The van der Waals surface area contributed by atoms with E-state index in [2.05, 4.69) is 58.9 Å². The van der Waals surface area contributed by atoms with Gasteiger partial charge in [0.2, 0.25) is 0 Å². The number of halogens is 1. The molecule has 84 valence electrons. The number of nitrogens with zero attached hydrogens (tertiary/aromatic N) is 1. The number of hydrogen-bond donors (Lipinski definition) is 0. The molecule has 0 saturated carbocycles. The zero-order chi connectivity index (χ0) is 11.1. The van der Waals surface area contributed by atoms with Crippen LogP contribution in [0.2, 0.25) is 0 Å². The molecule has 0 heterocycles. The second kappa shape index (κ2) is 6.89. The Morgan fingerprint density at radius 3 is 2.33 bits per heavy atom. The van der Waals surface area contributed by atoms with Crippen molar-refractivity contribution in [2.75, 3.05) is 23.3 Å². The second-order valence-electron chi connectivity index (χ2n) is 3.81. The highest BCUT2D eigenvalue weighted by molar-refractivity contribution is 9.09. The summed E-state index contributed by atoms with van der Waals surface area (Å²) in [5.41, 5.74) is 2.67. The van der Waals surface area contributed by atoms with E-state index in [9.17, 15) is 0 Å². The van der Waals surface area contributed by atoms with Gasteiger partial charge in [-0.1, -0.05) is 33.6 Å². The molecule has 15 heavy (non-hydrogen) atoms. The Kier molecular flexibility index (Phi) is 5.77. The van der Waals surface area contributed by atoms with Crippen molar-refractivity contribution in [3.8, 4) is 0 Å². The summed E-state index contributed by atoms with van der Waals surface area (Å²) in [6.45, 7) is 6.59. The molecule has 0 aliphatic heterocycles. The van der Waals surface area contributed by atoms with Crippen LogP contribution < -0.4 is 4.90 Å². The molecule has 0 aromatic heterocycles. The molecular formula is C13H20BrN. The van der Waals surface area contributed by atoms with Crippen molar-refractivity contribution in [3.05, 3.63) is 29.8 Å². The fraction of sp³-hybridized carbons (Fsp3) is 0.538. The van der Waals surface area contributed by atoms with E-state index in [0.29, 0.717) is 0 Å². The third kappa shape index (κ3) is 4.25. The standard InChI is InChI=1S/C13H20BrN/c1-3-15(11-5-4-10-14)13-8-6-12(2)7-9-13/h6-9H,3-5,10-11H2,1-2H3. The molecule has 0 atom stereocenters. The predicted molar refractivity (Wildman–Crippen MR) is 72.1 cm³/mol. The highest BCUT2D eigenvalue weighted by atomic mass is 79.9. The third-order valence-corrected chi connectivity index (χ3v) is 3.15. The van der Waals surface area contributed by atoms with Gasteiger partial charge in [-0.05, 0) is 38.8 Å². The summed E-state index contributed by atoms with van der Waals surface area (Å²) in [6.07, 6.45) is 2.51. The lowest BCUT2D eigenvalue weighted by Gasteiger charge is -2.23. The molecule has 0 saturated heterocycles. The van der Waals surface area contributed by atoms with Crippen LogP contribution >= 0.6 is 15.9 Å². The van der Waals surface area contributed by atoms with E-state index in [4.69, 9.17) is 0 Å². The summed E-state index contributed by atoms with van der Waals surface area (Å²) in [7, 11) is 0. The van der Waals surface area contributed by atoms with Gasteiger partial charge < -0.3 is 4.90 Å². The molecule has 2 heteroatoms. The molecule has 1 nitrogen and oxygen atoms in total. The molecule has 0 unspecified atom stereocenters. The second-order valence-corrected chi connectivity index (χ2v) is 4.60. The van der Waals surface area contributed by atoms with E-state index in [1.54, 1.807) is 0 Å². The maximum absolute atomic E-state index is 3.47. The molecule has 1 aromatic rings. The van der Waals surface area contributed by atoms with Gasteiger partial charge in [0.05, 0.1) is 0 Å². The van der Waals surface area contributed by atoms with Crippen LogP contribution in [0.1, 0.15) is 25.3 Å². The molecule has 1 rings (SSSR count). The lowest BCUT2D eigenvalue weighted by molar-refractivity contribution is 0.738. The minimum Gasteiger partial charge on any atom is -0.372 e. The van der Waals surface area contributed by atoms with Gasteiger partial charge in [-0.15, -0.1) is 0 Å². The zero-order valence-corrected chi connectivity index (χ0v) is 11.3. The first-order valence-corrected chi connectivity index (χ1v) is 6.77. The predicted octanol–water partition coefficient (Wildman–Crippen LogP) is 4.00. The summed E-state index contributed by atoms with van der Waals surface area (Å²) in [6, 6.07) is 8.80. The summed E-state index contributed by atoms with van der Waals surface area (Å²) in [4.78, 5) is 2.43. The molecule has 0 aliphatic rings. The van der Waals surface area contributed by atoms with Gasteiger partial charge >= 0.3 is 0 Å². The summed E-state index contributed by atoms with van der Waals surface area (Å²) in [5, 5.41) is 1.11. The average Bonchev–Trinajstić information content (AvgIpc) is 2.26. The van der Waals surface area contributed by atoms with Crippen LogP contribution in [0.25, 0.3) is 0 Å². The lowest BCUT2D eigenvalue weighted by atomic mass is 10.2. The van der Waals surface area contributed by atoms with E-state index in [0.717, 1.165) is 18.4 Å². The van der Waals surface area contributed by atoms with Crippen molar-refractivity contribution in [1.29, 1.82) is 0 Å². The largest absolute Gasteiger partial charge is 0.372 e. The number of benzene rings is 1. The summed E-state index contributed by atoms with van der Waals surface area (Å²) in [5.74, 6) is 0. The van der Waals surface area contributed by atoms with Crippen LogP contribution in [0.4, 0.5) is 5.69 Å². The SMILES string of the molecule is CCN(CCCCBr)c1ccc(C)cc1. The monoisotopic (exact) mass is 269 g/mol. The maximum atomic E-state index is 3.47. The molecule has 0 aliphatic carbocycles. The molecule has 0 amide bonds. The van der Waals surface area contributed by atoms with Crippen LogP contribution in [0.15, 0.2) is 24.3 Å². The van der Waals surface area contributed by atoms with Crippen molar-refractivity contribution < 1.29 is 0 Å². The summed E-state index contributed by atoms with van der Waals surface area (Å²) >= 11 is 3.47. The highest BCUT2D eigenvalue weighted by Gasteiger charge is 2.02. The Bertz CT molecular complexity index is 268. The normalized spacial score (nSPS) is 10.3. The van der Waals surface area contributed by atoms with Crippen LogP contribution in [0.3, 0.4) is 0 Å². The van der Waals surface area contributed by atoms with Gasteiger partial charge in [0, 0.05) is 24.1 Å². The summed E-state index contributed by atoms with van der Waals surface area (Å²) < 4.78 is 0. The van der Waals surface area contributed by atoms with E-state index >= 15 is 0 Å². The average molecular weight is 270 g/mol. The molecule has 1 aromatic carbocycles. The molecule has 0 fully saturated rings. The Balaban J connectivity index is 2.53. The smallest absolute Gasteiger partial charge is 0.0366 e. The van der Waals surface area contributed by atoms with Crippen LogP contribution in [0, 0.1) is 6.92 Å². The number of hydrogen-bond acceptors (Lipinski definition) is 1. The van der Waals surface area contributed by atoms with Crippen LogP contribution in [0.5, 0.6) is 0 Å². The first kappa shape index (κ1) is 12.6. The fourth-order valence-electron chi connectivity index (χ4n) is 1.62. The molecular weight excluding hydrogens is 250 g/mol. The molecule has 0 spiro atoms. The molecule has 0 radical (unpaired) electrons. The maximum Gasteiger partial charge on any atom is 0.0366 e. The minimum absolute atomic E-state index is 1.09. The highest BCUT2D eigenvalue weighted by Crippen LogP contribution is 2.15. The third-order valence-electron chi connectivity index (χ3n) is 2.59. The van der Waals surface area contributed by atoms with E-state index < -0.39 is 0 Å². The fourth-order valence-corrected chi connectivity index (χ4v) is 2.02. The number of rotatable bonds is 6. The van der Waals surface area contributed by atoms with Gasteiger partial charge in [-0.2, -0.15) is 0 Å². The van der Waals surface area contributed by atoms with Gasteiger partial charge in [0.15, 0.2) is 0 Å². The van der Waals surface area contributed by atoms with Crippen molar-refractivity contribution in [1.82, 2.24) is 0 Å². The van der Waals surface area contributed by atoms with Crippen molar-refractivity contribution in [2.24, 2.45) is 0 Å². The Hall–Kier alpha value is -0.500. The first-order valence-electron chi connectivity index (χ1n) is 5.65. The number of unbranched alkanes of at least 4 members (excludes halogenated alkanes) is 1. The van der Waals surface area contributed by atoms with E-state index in [-0.39, 0.29) is 0 Å². The Morgan fingerprint density at radius 1 is 1.13 bits per heavy atom. The van der Waals surface area contributed by atoms with Crippen molar-refractivity contribution >= 4 is 21.6 Å². The van der Waals surface area contributed by atoms with Gasteiger partial charge in [0.1, 0.15) is 0 Å². The van der Waals surface area contributed by atoms with Gasteiger partial charge in [-0.25, -0.2) is 0 Å². The minimum atomic E-state index is 1.09. The van der Waals surface area contributed by atoms with Crippen LogP contribution in [-0.4, -0.2) is 18.4 Å². The number of anilines is 1. The van der Waals surface area contributed by atoms with E-state index in [1.165, 1.54) is 24.1 Å². The zero-order valence-electron chi connectivity index (χ0n) is 9.67. The quantitative estimate of drug-likeness (QED) is 0.558. The van der Waals surface area contributed by atoms with E-state index in [1.807, 2.05) is 0 Å². The van der Waals surface area contributed by atoms with Gasteiger partial charge in [0.25, 0.3) is 0 Å². The van der Waals surface area contributed by atoms with Crippen molar-refractivity contribution in [2.45, 2.75) is 26.7 Å². The first-order chi connectivity index (χ1) is 7.27. The Labute approximate surface area is 102 Å². The number of aryl methyl sites for hydroxylation is 1. The Morgan fingerprint density at radius 2 is 1.80 bits per heavy atom.